The Hall–Kier alpha value is -3.70. The van der Waals surface area contributed by atoms with Gasteiger partial charge in [0.2, 0.25) is 5.89 Å². The molecule has 0 unspecified atom stereocenters. The predicted molar refractivity (Wildman–Crippen MR) is 109 cm³/mol. The summed E-state index contributed by atoms with van der Waals surface area (Å²) in [5, 5.41) is 17.0. The van der Waals surface area contributed by atoms with E-state index in [9.17, 15) is 0 Å². The highest BCUT2D eigenvalue weighted by molar-refractivity contribution is 5.81. The fourth-order valence-corrected chi connectivity index (χ4v) is 3.67. The Morgan fingerprint density at radius 1 is 1.17 bits per heavy atom. The Kier molecular flexibility index (Phi) is 4.22. The van der Waals surface area contributed by atoms with Gasteiger partial charge >= 0.3 is 0 Å². The fourth-order valence-electron chi connectivity index (χ4n) is 3.67. The summed E-state index contributed by atoms with van der Waals surface area (Å²) < 4.78 is 7.89. The lowest BCUT2D eigenvalue weighted by Crippen LogP contribution is -2.29. The number of rotatable bonds is 3. The van der Waals surface area contributed by atoms with Gasteiger partial charge in [-0.15, -0.1) is 0 Å². The van der Waals surface area contributed by atoms with Crippen molar-refractivity contribution in [3.8, 4) is 28.7 Å². The monoisotopic (exact) mass is 385 g/mol. The first-order valence-electron chi connectivity index (χ1n) is 9.53. The summed E-state index contributed by atoms with van der Waals surface area (Å²) in [4.78, 5) is 8.84. The van der Waals surface area contributed by atoms with Gasteiger partial charge in [-0.05, 0) is 50.2 Å². The number of nitriles is 1. The summed E-state index contributed by atoms with van der Waals surface area (Å²) in [6.07, 6.45) is 7.78. The van der Waals surface area contributed by atoms with Crippen LogP contribution in [0.4, 0.5) is 5.82 Å². The smallest absolute Gasteiger partial charge is 0.231 e. The number of nitrogens with two attached hydrogens (primary N) is 1. The first-order valence-corrected chi connectivity index (χ1v) is 9.53. The molecule has 3 N–H and O–H groups in total. The first kappa shape index (κ1) is 17.4. The van der Waals surface area contributed by atoms with Crippen molar-refractivity contribution in [1.29, 1.82) is 5.26 Å². The largest absolute Gasteiger partial charge is 0.436 e. The molecule has 0 amide bonds. The molecule has 0 bridgehead atoms. The van der Waals surface area contributed by atoms with Crippen LogP contribution in [0.3, 0.4) is 0 Å². The maximum absolute atomic E-state index is 9.07. The zero-order chi connectivity index (χ0) is 19.8. The molecule has 144 valence electrons. The van der Waals surface area contributed by atoms with Gasteiger partial charge in [0, 0.05) is 23.5 Å². The van der Waals surface area contributed by atoms with Crippen molar-refractivity contribution in [2.75, 3.05) is 18.8 Å². The number of anilines is 1. The van der Waals surface area contributed by atoms with Crippen LogP contribution in [-0.2, 0) is 0 Å². The van der Waals surface area contributed by atoms with Crippen molar-refractivity contribution in [1.82, 2.24) is 25.1 Å². The SMILES string of the molecule is N#Cc1ccc2oc(-c3cc(-c4cnn(C5CCNCC5)c4)cnc3N)nc2c1. The van der Waals surface area contributed by atoms with Crippen molar-refractivity contribution in [2.24, 2.45) is 0 Å². The molecule has 1 fully saturated rings. The van der Waals surface area contributed by atoms with Gasteiger partial charge in [-0.2, -0.15) is 10.4 Å². The van der Waals surface area contributed by atoms with Crippen molar-refractivity contribution in [3.05, 3.63) is 48.4 Å². The molecule has 29 heavy (non-hydrogen) atoms. The van der Waals surface area contributed by atoms with Crippen LogP contribution in [-0.4, -0.2) is 32.8 Å². The van der Waals surface area contributed by atoms with Gasteiger partial charge < -0.3 is 15.5 Å². The zero-order valence-corrected chi connectivity index (χ0v) is 15.7. The minimum Gasteiger partial charge on any atom is -0.436 e. The number of aromatic nitrogens is 4. The highest BCUT2D eigenvalue weighted by Gasteiger charge is 2.18. The van der Waals surface area contributed by atoms with E-state index in [2.05, 4.69) is 32.6 Å². The molecule has 1 aliphatic heterocycles. The second-order valence-electron chi connectivity index (χ2n) is 7.16. The van der Waals surface area contributed by atoms with Crippen LogP contribution in [0, 0.1) is 11.3 Å². The molecule has 4 heterocycles. The molecule has 0 saturated carbocycles. The van der Waals surface area contributed by atoms with Gasteiger partial charge in [-0.25, -0.2) is 9.97 Å². The molecule has 1 aliphatic rings. The average molecular weight is 385 g/mol. The van der Waals surface area contributed by atoms with Gasteiger partial charge in [0.1, 0.15) is 11.3 Å². The number of fused-ring (bicyclic) bond motifs is 1. The molecule has 3 aromatic heterocycles. The maximum Gasteiger partial charge on any atom is 0.231 e. The van der Waals surface area contributed by atoms with Crippen LogP contribution in [0.25, 0.3) is 33.7 Å². The van der Waals surface area contributed by atoms with Crippen LogP contribution < -0.4 is 11.1 Å². The minimum atomic E-state index is 0.339. The van der Waals surface area contributed by atoms with Crippen LogP contribution >= 0.6 is 0 Å². The summed E-state index contributed by atoms with van der Waals surface area (Å²) in [6.45, 7) is 2.03. The van der Waals surface area contributed by atoms with Gasteiger partial charge in [-0.1, -0.05) is 0 Å². The average Bonchev–Trinajstić information content (AvgIpc) is 3.41. The van der Waals surface area contributed by atoms with Crippen LogP contribution in [0.5, 0.6) is 0 Å². The fraction of sp³-hybridized carbons (Fsp3) is 0.238. The second-order valence-corrected chi connectivity index (χ2v) is 7.16. The minimum absolute atomic E-state index is 0.339. The number of hydrogen-bond acceptors (Lipinski definition) is 7. The van der Waals surface area contributed by atoms with Gasteiger partial charge in [-0.3, -0.25) is 4.68 Å². The topological polar surface area (TPSA) is 119 Å². The lowest BCUT2D eigenvalue weighted by Gasteiger charge is -2.22. The molecular weight excluding hydrogens is 366 g/mol. The first-order chi connectivity index (χ1) is 14.2. The molecule has 8 nitrogen and oxygen atoms in total. The number of pyridine rings is 1. The third kappa shape index (κ3) is 3.22. The molecule has 8 heteroatoms. The Bertz CT molecular complexity index is 1230. The number of piperidine rings is 1. The number of nitrogens with zero attached hydrogens (tertiary/aromatic N) is 5. The third-order valence-electron chi connectivity index (χ3n) is 5.28. The molecule has 0 aliphatic carbocycles. The standard InChI is InChI=1S/C21H19N7O/c22-9-13-1-2-19-18(7-13)27-21(29-19)17-8-14(10-25-20(17)23)15-11-26-28(12-15)16-3-5-24-6-4-16/h1-2,7-8,10-12,16,24H,3-6H2,(H2,23,25). The quantitative estimate of drug-likeness (QED) is 0.556. The van der Waals surface area contributed by atoms with E-state index in [0.717, 1.165) is 37.1 Å². The second kappa shape index (κ2) is 7.04. The highest BCUT2D eigenvalue weighted by atomic mass is 16.3. The summed E-state index contributed by atoms with van der Waals surface area (Å²) in [5.74, 6) is 0.722. The van der Waals surface area contributed by atoms with E-state index in [1.54, 1.807) is 24.4 Å². The van der Waals surface area contributed by atoms with Crippen LogP contribution in [0.15, 0.2) is 47.3 Å². The third-order valence-corrected chi connectivity index (χ3v) is 5.28. The van der Waals surface area contributed by atoms with Crippen molar-refractivity contribution in [2.45, 2.75) is 18.9 Å². The van der Waals surface area contributed by atoms with E-state index in [1.807, 2.05) is 16.9 Å². The number of benzene rings is 1. The van der Waals surface area contributed by atoms with Crippen LogP contribution in [0.2, 0.25) is 0 Å². The molecule has 4 aromatic rings. The lowest BCUT2D eigenvalue weighted by atomic mass is 10.1. The number of oxazole rings is 1. The Morgan fingerprint density at radius 3 is 2.86 bits per heavy atom. The van der Waals surface area contributed by atoms with Gasteiger partial charge in [0.05, 0.1) is 29.4 Å². The van der Waals surface area contributed by atoms with Crippen LogP contribution in [0.1, 0.15) is 24.4 Å². The van der Waals surface area contributed by atoms with Crippen molar-refractivity contribution < 1.29 is 4.42 Å². The normalized spacial score (nSPS) is 14.9. The molecule has 5 rings (SSSR count). The summed E-state index contributed by atoms with van der Waals surface area (Å²) in [7, 11) is 0. The lowest BCUT2D eigenvalue weighted by molar-refractivity contribution is 0.343. The highest BCUT2D eigenvalue weighted by Crippen LogP contribution is 2.32. The van der Waals surface area contributed by atoms with E-state index in [0.29, 0.717) is 40.0 Å². The molecule has 1 aromatic carbocycles. The molecule has 0 atom stereocenters. The van der Waals surface area contributed by atoms with E-state index >= 15 is 0 Å². The summed E-state index contributed by atoms with van der Waals surface area (Å²) in [6, 6.07) is 9.57. The predicted octanol–water partition coefficient (Wildman–Crippen LogP) is 3.13. The van der Waals surface area contributed by atoms with Gasteiger partial charge in [0.15, 0.2) is 5.58 Å². The number of hydrogen-bond donors (Lipinski definition) is 2. The van der Waals surface area contributed by atoms with E-state index in [1.165, 1.54) is 0 Å². The summed E-state index contributed by atoms with van der Waals surface area (Å²) >= 11 is 0. The molecule has 1 saturated heterocycles. The van der Waals surface area contributed by atoms with E-state index in [4.69, 9.17) is 15.4 Å². The molecule has 0 radical (unpaired) electrons. The molecule has 0 spiro atoms. The summed E-state index contributed by atoms with van der Waals surface area (Å²) in [5.41, 5.74) is 10.3. The zero-order valence-electron chi connectivity index (χ0n) is 15.7. The van der Waals surface area contributed by atoms with E-state index in [-0.39, 0.29) is 0 Å². The van der Waals surface area contributed by atoms with Gasteiger partial charge in [0.25, 0.3) is 0 Å². The van der Waals surface area contributed by atoms with Crippen molar-refractivity contribution in [3.63, 3.8) is 0 Å². The Labute approximate surface area is 167 Å². The molecular formula is C21H19N7O. The number of nitrogen functional groups attached to an aromatic ring is 1. The van der Waals surface area contributed by atoms with E-state index < -0.39 is 0 Å². The Morgan fingerprint density at radius 2 is 2.03 bits per heavy atom. The Balaban J connectivity index is 1.51. The van der Waals surface area contributed by atoms with Crippen molar-refractivity contribution >= 4 is 16.9 Å². The number of nitrogens with one attached hydrogen (secondary N) is 1. The maximum atomic E-state index is 9.07.